The van der Waals surface area contributed by atoms with Crippen LogP contribution in [0.5, 0.6) is 0 Å². The van der Waals surface area contributed by atoms with Crippen LogP contribution in [0, 0.1) is 5.92 Å². The minimum absolute atomic E-state index is 0.160. The van der Waals surface area contributed by atoms with Gasteiger partial charge in [-0.25, -0.2) is 15.0 Å². The maximum Gasteiger partial charge on any atom is 0.169 e. The van der Waals surface area contributed by atoms with E-state index < -0.39 is 18.1 Å². The summed E-state index contributed by atoms with van der Waals surface area (Å²) in [5.41, 5.74) is 7.08. The highest BCUT2D eigenvalue weighted by Gasteiger charge is 2.48. The van der Waals surface area contributed by atoms with Crippen molar-refractivity contribution in [3.05, 3.63) is 12.7 Å². The summed E-state index contributed by atoms with van der Waals surface area (Å²) in [6.07, 6.45) is 4.77. The van der Waals surface area contributed by atoms with Crippen LogP contribution in [-0.4, -0.2) is 74.4 Å². The van der Waals surface area contributed by atoms with Gasteiger partial charge in [-0.3, -0.25) is 9.47 Å². The van der Waals surface area contributed by atoms with Gasteiger partial charge in [0.2, 0.25) is 0 Å². The zero-order valence-electron chi connectivity index (χ0n) is 18.8. The summed E-state index contributed by atoms with van der Waals surface area (Å²) in [5.74, 6) is -0.321. The number of aldehydes is 1. The summed E-state index contributed by atoms with van der Waals surface area (Å²) >= 11 is 0. The predicted molar refractivity (Wildman–Crippen MR) is 114 cm³/mol. The van der Waals surface area contributed by atoms with Gasteiger partial charge >= 0.3 is 0 Å². The van der Waals surface area contributed by atoms with E-state index >= 15 is 0 Å². The molecule has 0 aromatic carbocycles. The summed E-state index contributed by atoms with van der Waals surface area (Å²) < 4.78 is 20.4. The minimum atomic E-state index is -0.803. The molecule has 0 amide bonds. The van der Waals surface area contributed by atoms with E-state index in [1.807, 2.05) is 18.4 Å². The van der Waals surface area contributed by atoms with Crippen LogP contribution in [0.4, 0.5) is 5.82 Å². The van der Waals surface area contributed by atoms with E-state index in [0.29, 0.717) is 35.6 Å². The number of carbonyl (C=O) groups excluding carboxylic acids is 1. The lowest BCUT2D eigenvalue weighted by Gasteiger charge is -2.45. The molecule has 0 spiro atoms. The first-order valence-corrected chi connectivity index (χ1v) is 10.8. The van der Waals surface area contributed by atoms with Gasteiger partial charge in [-0.15, -0.1) is 0 Å². The van der Waals surface area contributed by atoms with E-state index in [1.165, 1.54) is 6.33 Å². The van der Waals surface area contributed by atoms with Crippen LogP contribution in [0.1, 0.15) is 46.8 Å². The molecule has 2 fully saturated rings. The van der Waals surface area contributed by atoms with E-state index in [9.17, 15) is 4.79 Å². The Morgan fingerprint density at radius 2 is 2.06 bits per heavy atom. The number of rotatable bonds is 8. The van der Waals surface area contributed by atoms with Crippen molar-refractivity contribution < 1.29 is 19.0 Å². The minimum Gasteiger partial charge on any atom is -0.382 e. The van der Waals surface area contributed by atoms with Crippen molar-refractivity contribution in [2.24, 2.45) is 5.92 Å². The average molecular weight is 433 g/mol. The molecule has 1 saturated heterocycles. The first kappa shape index (κ1) is 22.1. The van der Waals surface area contributed by atoms with Crippen LogP contribution < -0.4 is 5.73 Å². The molecule has 0 unspecified atom stereocenters. The van der Waals surface area contributed by atoms with Crippen LogP contribution in [0.25, 0.3) is 11.2 Å². The normalized spacial score (nSPS) is 28.9. The van der Waals surface area contributed by atoms with Crippen molar-refractivity contribution in [1.29, 1.82) is 0 Å². The van der Waals surface area contributed by atoms with E-state index in [2.05, 4.69) is 33.7 Å². The molecule has 3 atom stereocenters. The van der Waals surface area contributed by atoms with Gasteiger partial charge in [-0.05, 0) is 40.5 Å². The van der Waals surface area contributed by atoms with E-state index in [1.54, 1.807) is 13.4 Å². The molecule has 2 aromatic heterocycles. The van der Waals surface area contributed by atoms with Crippen molar-refractivity contribution in [2.75, 3.05) is 19.4 Å². The number of anilines is 1. The summed E-state index contributed by atoms with van der Waals surface area (Å²) in [6.45, 7) is 8.76. The topological polar surface area (TPSA) is 118 Å². The van der Waals surface area contributed by atoms with Crippen LogP contribution >= 0.6 is 0 Å². The van der Waals surface area contributed by atoms with Gasteiger partial charge < -0.3 is 24.7 Å². The lowest BCUT2D eigenvalue weighted by atomic mass is 9.79. The van der Waals surface area contributed by atoms with E-state index in [0.717, 1.165) is 19.1 Å². The molecule has 1 aliphatic heterocycles. The lowest BCUT2D eigenvalue weighted by Crippen LogP contribution is -2.53. The van der Waals surface area contributed by atoms with E-state index in [4.69, 9.17) is 19.9 Å². The molecule has 1 aliphatic carbocycles. The number of ether oxygens (including phenoxy) is 3. The van der Waals surface area contributed by atoms with Gasteiger partial charge in [0, 0.05) is 31.7 Å². The van der Waals surface area contributed by atoms with Crippen molar-refractivity contribution in [2.45, 2.75) is 76.8 Å². The number of imidazole rings is 1. The number of nitrogens with zero attached hydrogens (tertiary/aromatic N) is 5. The zero-order chi connectivity index (χ0) is 22.3. The lowest BCUT2D eigenvalue weighted by molar-refractivity contribution is -0.163. The maximum absolute atomic E-state index is 11.1. The first-order chi connectivity index (χ1) is 14.7. The predicted octanol–water partition coefficient (Wildman–Crippen LogP) is 1.76. The second-order valence-corrected chi connectivity index (χ2v) is 9.16. The number of methoxy groups -OCH3 is 1. The third-order valence-corrected chi connectivity index (χ3v) is 6.30. The fourth-order valence-corrected chi connectivity index (χ4v) is 4.62. The monoisotopic (exact) mass is 432 g/mol. The van der Waals surface area contributed by atoms with E-state index in [-0.39, 0.29) is 12.0 Å². The Hall–Kier alpha value is -2.14. The van der Waals surface area contributed by atoms with Gasteiger partial charge in [0.15, 0.2) is 23.5 Å². The number of nitrogen functional groups attached to an aromatic ring is 1. The van der Waals surface area contributed by atoms with Crippen LogP contribution in [0.3, 0.4) is 0 Å². The highest BCUT2D eigenvalue weighted by molar-refractivity contribution is 5.81. The summed E-state index contributed by atoms with van der Waals surface area (Å²) in [4.78, 5) is 26.2. The molecule has 2 N–H and O–H groups in total. The Kier molecular flexibility index (Phi) is 5.99. The average Bonchev–Trinajstić information content (AvgIpc) is 3.24. The molecular formula is C21H32N6O4. The second kappa shape index (κ2) is 8.42. The first-order valence-electron chi connectivity index (χ1n) is 10.8. The standard InChI is InChI=1S/C21H32N6O4/c1-12(2)26(14-6-13(7-14)9-28)8-15(29-5)17-20(31-21(3,4)30-17)27-11-25-16-18(22)23-10-24-19(16)27/h9-15,17,20H,6-8H2,1-5H3,(H2,22,23,24)/t13-,14-,15-,17-,20-/m1/s1. The van der Waals surface area contributed by atoms with Gasteiger partial charge in [0.05, 0.1) is 6.33 Å². The Labute approximate surface area is 182 Å². The van der Waals surface area contributed by atoms with Gasteiger partial charge in [-0.2, -0.15) is 0 Å². The molecule has 10 heteroatoms. The number of hydrogen-bond donors (Lipinski definition) is 1. The molecule has 0 radical (unpaired) electrons. The molecule has 10 nitrogen and oxygen atoms in total. The number of aromatic nitrogens is 4. The Balaban J connectivity index is 1.61. The quantitative estimate of drug-likeness (QED) is 0.623. The molecule has 1 saturated carbocycles. The largest absolute Gasteiger partial charge is 0.382 e. The van der Waals surface area contributed by atoms with Gasteiger partial charge in [0.1, 0.15) is 30.3 Å². The number of hydrogen-bond acceptors (Lipinski definition) is 9. The fraction of sp³-hybridized carbons (Fsp3) is 0.714. The van der Waals surface area contributed by atoms with Crippen LogP contribution in [-0.2, 0) is 19.0 Å². The molecule has 31 heavy (non-hydrogen) atoms. The highest BCUT2D eigenvalue weighted by atomic mass is 16.8. The molecule has 3 heterocycles. The van der Waals surface area contributed by atoms with Crippen molar-refractivity contribution >= 4 is 23.3 Å². The Bertz CT molecular complexity index is 926. The number of fused-ring (bicyclic) bond motifs is 1. The summed E-state index contributed by atoms with van der Waals surface area (Å²) in [6, 6.07) is 0.675. The SMILES string of the molecule is CO[C@H](CN(C(C)C)[C@H]1C[C@H](C=O)C1)[C@H]1OC(C)(C)O[C@H]1n1cnc2c(N)ncnc21. The molecule has 2 aliphatic rings. The molecule has 0 bridgehead atoms. The Morgan fingerprint density at radius 1 is 1.32 bits per heavy atom. The molecule has 170 valence electrons. The smallest absolute Gasteiger partial charge is 0.169 e. The van der Waals surface area contributed by atoms with Gasteiger partial charge in [0.25, 0.3) is 0 Å². The fourth-order valence-electron chi connectivity index (χ4n) is 4.62. The number of carbonyl (C=O) groups is 1. The molecule has 2 aromatic rings. The van der Waals surface area contributed by atoms with Crippen LogP contribution in [0.2, 0.25) is 0 Å². The van der Waals surface area contributed by atoms with Crippen molar-refractivity contribution in [3.8, 4) is 0 Å². The zero-order valence-corrected chi connectivity index (χ0v) is 18.8. The van der Waals surface area contributed by atoms with Gasteiger partial charge in [-0.1, -0.05) is 0 Å². The third-order valence-electron chi connectivity index (χ3n) is 6.30. The maximum atomic E-state index is 11.1. The second-order valence-electron chi connectivity index (χ2n) is 9.16. The highest BCUT2D eigenvalue weighted by Crippen LogP contribution is 2.40. The Morgan fingerprint density at radius 3 is 2.71 bits per heavy atom. The third kappa shape index (κ3) is 4.17. The van der Waals surface area contributed by atoms with Crippen molar-refractivity contribution in [1.82, 2.24) is 24.4 Å². The number of nitrogens with two attached hydrogens (primary N) is 1. The molecular weight excluding hydrogens is 400 g/mol. The van der Waals surface area contributed by atoms with Crippen LogP contribution in [0.15, 0.2) is 12.7 Å². The van der Waals surface area contributed by atoms with Crippen molar-refractivity contribution in [3.63, 3.8) is 0 Å². The summed E-state index contributed by atoms with van der Waals surface area (Å²) in [7, 11) is 1.69. The summed E-state index contributed by atoms with van der Waals surface area (Å²) in [5, 5.41) is 0. The molecule has 4 rings (SSSR count).